The summed E-state index contributed by atoms with van der Waals surface area (Å²) in [5.41, 5.74) is 1.36. The fourth-order valence-corrected chi connectivity index (χ4v) is 2.95. The van der Waals surface area contributed by atoms with Gasteiger partial charge in [0.1, 0.15) is 0 Å². The van der Waals surface area contributed by atoms with E-state index in [1.165, 1.54) is 29.1 Å². The lowest BCUT2D eigenvalue weighted by Crippen LogP contribution is -2.17. The first-order valence-corrected chi connectivity index (χ1v) is 8.33. The maximum absolute atomic E-state index is 8.70. The fraction of sp³-hybridized carbons (Fsp3) is 0.625. The molecule has 3 heteroatoms. The summed E-state index contributed by atoms with van der Waals surface area (Å²) < 4.78 is 0. The van der Waals surface area contributed by atoms with Crippen molar-refractivity contribution in [3.8, 4) is 0 Å². The molecule has 1 atom stereocenters. The highest BCUT2D eigenvalue weighted by Crippen LogP contribution is 2.22. The number of benzene rings is 1. The first-order valence-electron chi connectivity index (χ1n) is 7.35. The molecule has 0 bridgehead atoms. The molecule has 0 radical (unpaired) electrons. The Bertz CT molecular complexity index is 326. The zero-order chi connectivity index (χ0) is 13.9. The molecule has 1 aromatic rings. The molecule has 0 aromatic heterocycles. The molecule has 2 nitrogen and oxygen atoms in total. The van der Waals surface area contributed by atoms with Gasteiger partial charge in [0, 0.05) is 17.5 Å². The van der Waals surface area contributed by atoms with Crippen LogP contribution in [-0.2, 0) is 0 Å². The SMILES string of the molecule is CCNC(C)c1ccc(SCCCCCCO)cc1. The van der Waals surface area contributed by atoms with Gasteiger partial charge in [0.15, 0.2) is 0 Å². The third kappa shape index (κ3) is 7.00. The highest BCUT2D eigenvalue weighted by molar-refractivity contribution is 7.99. The van der Waals surface area contributed by atoms with Crippen molar-refractivity contribution in [1.82, 2.24) is 5.32 Å². The van der Waals surface area contributed by atoms with Gasteiger partial charge >= 0.3 is 0 Å². The summed E-state index contributed by atoms with van der Waals surface area (Å²) in [4.78, 5) is 1.36. The minimum atomic E-state index is 0.332. The molecule has 19 heavy (non-hydrogen) atoms. The Morgan fingerprint density at radius 2 is 1.79 bits per heavy atom. The van der Waals surface area contributed by atoms with Gasteiger partial charge < -0.3 is 10.4 Å². The summed E-state index contributed by atoms with van der Waals surface area (Å²) in [6, 6.07) is 9.33. The molecule has 0 saturated heterocycles. The van der Waals surface area contributed by atoms with Gasteiger partial charge in [0.05, 0.1) is 0 Å². The van der Waals surface area contributed by atoms with Gasteiger partial charge in [-0.2, -0.15) is 0 Å². The molecule has 0 aliphatic rings. The number of aliphatic hydroxyl groups is 1. The van der Waals surface area contributed by atoms with Crippen LogP contribution in [0.25, 0.3) is 0 Å². The predicted molar refractivity (Wildman–Crippen MR) is 84.8 cm³/mol. The van der Waals surface area contributed by atoms with Crippen molar-refractivity contribution in [3.05, 3.63) is 29.8 Å². The second-order valence-corrected chi connectivity index (χ2v) is 6.00. The van der Waals surface area contributed by atoms with E-state index in [-0.39, 0.29) is 0 Å². The van der Waals surface area contributed by atoms with Crippen LogP contribution in [0.4, 0.5) is 0 Å². The van der Waals surface area contributed by atoms with Crippen LogP contribution in [0.15, 0.2) is 29.2 Å². The van der Waals surface area contributed by atoms with Gasteiger partial charge in [0.2, 0.25) is 0 Å². The third-order valence-corrected chi connectivity index (χ3v) is 4.31. The first-order chi connectivity index (χ1) is 9.27. The lowest BCUT2D eigenvalue weighted by Gasteiger charge is -2.13. The summed E-state index contributed by atoms with van der Waals surface area (Å²) in [6.07, 6.45) is 4.56. The summed E-state index contributed by atoms with van der Waals surface area (Å²) >= 11 is 1.93. The summed E-state index contributed by atoms with van der Waals surface area (Å²) in [7, 11) is 0. The van der Waals surface area contributed by atoms with E-state index in [1.807, 2.05) is 11.8 Å². The van der Waals surface area contributed by atoms with E-state index >= 15 is 0 Å². The van der Waals surface area contributed by atoms with E-state index in [0.717, 1.165) is 19.4 Å². The van der Waals surface area contributed by atoms with Gasteiger partial charge in [-0.3, -0.25) is 0 Å². The predicted octanol–water partition coefficient (Wildman–Crippen LogP) is 4.00. The molecule has 0 heterocycles. The molecule has 0 amide bonds. The van der Waals surface area contributed by atoms with Crippen LogP contribution in [0, 0.1) is 0 Å². The number of rotatable bonds is 10. The first kappa shape index (κ1) is 16.5. The van der Waals surface area contributed by atoms with Gasteiger partial charge in [-0.05, 0) is 49.8 Å². The molecule has 0 aliphatic carbocycles. The molecule has 0 aliphatic heterocycles. The number of thioether (sulfide) groups is 1. The van der Waals surface area contributed by atoms with E-state index < -0.39 is 0 Å². The van der Waals surface area contributed by atoms with Crippen molar-refractivity contribution in [1.29, 1.82) is 0 Å². The van der Waals surface area contributed by atoms with Crippen LogP contribution in [-0.4, -0.2) is 24.0 Å². The monoisotopic (exact) mass is 281 g/mol. The van der Waals surface area contributed by atoms with Crippen molar-refractivity contribution in [2.45, 2.75) is 50.5 Å². The summed E-state index contributed by atoms with van der Waals surface area (Å²) in [6.45, 7) is 5.68. The van der Waals surface area contributed by atoms with Gasteiger partial charge in [-0.1, -0.05) is 31.9 Å². The molecule has 1 rings (SSSR count). The van der Waals surface area contributed by atoms with Crippen LogP contribution >= 0.6 is 11.8 Å². The van der Waals surface area contributed by atoms with Crippen LogP contribution < -0.4 is 5.32 Å². The Kier molecular flexibility index (Phi) is 8.97. The van der Waals surface area contributed by atoms with Gasteiger partial charge in [-0.25, -0.2) is 0 Å². The molecule has 1 unspecified atom stereocenters. The number of hydrogen-bond donors (Lipinski definition) is 2. The Balaban J connectivity index is 2.24. The third-order valence-electron chi connectivity index (χ3n) is 3.21. The minimum absolute atomic E-state index is 0.332. The Morgan fingerprint density at radius 3 is 2.42 bits per heavy atom. The largest absolute Gasteiger partial charge is 0.396 e. The fourth-order valence-electron chi connectivity index (χ4n) is 2.03. The van der Waals surface area contributed by atoms with Crippen molar-refractivity contribution in [3.63, 3.8) is 0 Å². The van der Waals surface area contributed by atoms with Gasteiger partial charge in [-0.15, -0.1) is 11.8 Å². The van der Waals surface area contributed by atoms with Crippen LogP contribution in [0.1, 0.15) is 51.1 Å². The number of nitrogens with one attached hydrogen (secondary N) is 1. The quantitative estimate of drug-likeness (QED) is 0.502. The van der Waals surface area contributed by atoms with Crippen LogP contribution in [0.2, 0.25) is 0 Å². The molecule has 2 N–H and O–H groups in total. The Morgan fingerprint density at radius 1 is 1.11 bits per heavy atom. The average molecular weight is 281 g/mol. The van der Waals surface area contributed by atoms with Crippen molar-refractivity contribution in [2.75, 3.05) is 18.9 Å². The van der Waals surface area contributed by atoms with E-state index in [4.69, 9.17) is 5.11 Å². The molecule has 0 fully saturated rings. The van der Waals surface area contributed by atoms with E-state index in [0.29, 0.717) is 12.6 Å². The second-order valence-electron chi connectivity index (χ2n) is 4.83. The highest BCUT2D eigenvalue weighted by Gasteiger charge is 2.03. The molecule has 1 aromatic carbocycles. The second kappa shape index (κ2) is 10.3. The maximum Gasteiger partial charge on any atom is 0.0431 e. The van der Waals surface area contributed by atoms with E-state index in [1.54, 1.807) is 0 Å². The standard InChI is InChI=1S/C16H27NOS/c1-3-17-14(2)15-8-10-16(11-9-15)19-13-7-5-4-6-12-18/h8-11,14,17-18H,3-7,12-13H2,1-2H3. The smallest absolute Gasteiger partial charge is 0.0431 e. The Hall–Kier alpha value is -0.510. The molecule has 0 spiro atoms. The summed E-state index contributed by atoms with van der Waals surface area (Å²) in [5.74, 6) is 1.17. The van der Waals surface area contributed by atoms with Gasteiger partial charge in [0.25, 0.3) is 0 Å². The van der Waals surface area contributed by atoms with Crippen LogP contribution in [0.5, 0.6) is 0 Å². The van der Waals surface area contributed by atoms with Crippen molar-refractivity contribution in [2.24, 2.45) is 0 Å². The Labute approximate surface area is 122 Å². The van der Waals surface area contributed by atoms with Crippen molar-refractivity contribution >= 4 is 11.8 Å². The number of unbranched alkanes of at least 4 members (excludes halogenated alkanes) is 3. The highest BCUT2D eigenvalue weighted by atomic mass is 32.2. The number of hydrogen-bond acceptors (Lipinski definition) is 3. The topological polar surface area (TPSA) is 32.3 Å². The molecular weight excluding hydrogens is 254 g/mol. The lowest BCUT2D eigenvalue weighted by molar-refractivity contribution is 0.283. The zero-order valence-electron chi connectivity index (χ0n) is 12.2. The van der Waals surface area contributed by atoms with Crippen molar-refractivity contribution < 1.29 is 5.11 Å². The summed E-state index contributed by atoms with van der Waals surface area (Å²) in [5, 5.41) is 12.1. The molecular formula is C16H27NOS. The normalized spacial score (nSPS) is 12.6. The molecule has 108 valence electrons. The van der Waals surface area contributed by atoms with E-state index in [9.17, 15) is 0 Å². The molecule has 0 saturated carbocycles. The van der Waals surface area contributed by atoms with E-state index in [2.05, 4.69) is 43.4 Å². The zero-order valence-corrected chi connectivity index (χ0v) is 13.0. The lowest BCUT2D eigenvalue weighted by atomic mass is 10.1. The minimum Gasteiger partial charge on any atom is -0.396 e. The number of aliphatic hydroxyl groups excluding tert-OH is 1. The average Bonchev–Trinajstić information content (AvgIpc) is 2.43. The van der Waals surface area contributed by atoms with Crippen LogP contribution in [0.3, 0.4) is 0 Å². The maximum atomic E-state index is 8.70.